The normalized spacial score (nSPS) is 18.0. The molecule has 1 N–H and O–H groups in total. The molecule has 0 bridgehead atoms. The van der Waals surface area contributed by atoms with E-state index in [4.69, 9.17) is 4.42 Å². The van der Waals surface area contributed by atoms with Crippen molar-refractivity contribution in [3.8, 4) is 0 Å². The number of nitrogens with zero attached hydrogens (tertiary/aromatic N) is 1. The second kappa shape index (κ2) is 8.55. The van der Waals surface area contributed by atoms with Gasteiger partial charge in [-0.1, -0.05) is 53.2 Å². The molecule has 1 aromatic heterocycles. The third-order valence-electron chi connectivity index (χ3n) is 5.58. The molecule has 1 aliphatic heterocycles. The molecule has 3 aromatic rings. The molecule has 0 aliphatic carbocycles. The zero-order valence-electron chi connectivity index (χ0n) is 17.3. The fourth-order valence-electron chi connectivity index (χ4n) is 3.84. The van der Waals surface area contributed by atoms with Crippen LogP contribution < -0.4 is 0 Å². The summed E-state index contributed by atoms with van der Waals surface area (Å²) in [6.07, 6.45) is 2.41. The standard InChI is InChI=1S/C25H22BrNO4/c1-3-16-6-8-17(9-7-16)22-21(23(28)18-10-11-20(26)15(2)13-18)24(29)25(30)27(22)14-19-5-4-12-31-19/h4-13,22,28H,3,14H2,1-2H3/b23-21-. The first kappa shape index (κ1) is 21.1. The number of hydrogen-bond acceptors (Lipinski definition) is 4. The number of aliphatic hydroxyl groups excluding tert-OH is 1. The zero-order valence-corrected chi connectivity index (χ0v) is 18.8. The number of furan rings is 1. The van der Waals surface area contributed by atoms with Crippen LogP contribution in [-0.4, -0.2) is 21.7 Å². The minimum absolute atomic E-state index is 0.0857. The van der Waals surface area contributed by atoms with Gasteiger partial charge in [-0.15, -0.1) is 0 Å². The van der Waals surface area contributed by atoms with Crippen molar-refractivity contribution in [3.63, 3.8) is 0 Å². The molecule has 1 saturated heterocycles. The van der Waals surface area contributed by atoms with Crippen molar-refractivity contribution in [1.29, 1.82) is 0 Å². The molecule has 1 amide bonds. The van der Waals surface area contributed by atoms with Gasteiger partial charge in [0.15, 0.2) is 0 Å². The van der Waals surface area contributed by atoms with E-state index in [1.807, 2.05) is 37.3 Å². The van der Waals surface area contributed by atoms with Crippen LogP contribution in [0.2, 0.25) is 0 Å². The van der Waals surface area contributed by atoms with Gasteiger partial charge in [0.1, 0.15) is 11.5 Å². The summed E-state index contributed by atoms with van der Waals surface area (Å²) in [7, 11) is 0. The first-order chi connectivity index (χ1) is 14.9. The number of hydrogen-bond donors (Lipinski definition) is 1. The fourth-order valence-corrected chi connectivity index (χ4v) is 4.09. The van der Waals surface area contributed by atoms with E-state index in [0.29, 0.717) is 11.3 Å². The van der Waals surface area contributed by atoms with Gasteiger partial charge in [-0.25, -0.2) is 0 Å². The van der Waals surface area contributed by atoms with Gasteiger partial charge in [0.25, 0.3) is 11.7 Å². The van der Waals surface area contributed by atoms with Crippen molar-refractivity contribution in [1.82, 2.24) is 4.90 Å². The molecule has 1 fully saturated rings. The van der Waals surface area contributed by atoms with Crippen LogP contribution in [0.1, 0.15) is 41.0 Å². The van der Waals surface area contributed by atoms with Crippen molar-refractivity contribution in [2.24, 2.45) is 0 Å². The molecule has 0 saturated carbocycles. The van der Waals surface area contributed by atoms with E-state index in [1.165, 1.54) is 11.2 Å². The number of benzene rings is 2. The molecule has 158 valence electrons. The van der Waals surface area contributed by atoms with E-state index >= 15 is 0 Å². The number of aryl methyl sites for hydroxylation is 2. The van der Waals surface area contributed by atoms with Crippen molar-refractivity contribution in [2.45, 2.75) is 32.9 Å². The Labute approximate surface area is 189 Å². The second-order valence-corrected chi connectivity index (χ2v) is 8.42. The van der Waals surface area contributed by atoms with Gasteiger partial charge in [-0.3, -0.25) is 9.59 Å². The number of Topliss-reactive ketones (excluding diaryl/α,β-unsaturated/α-hetero) is 1. The number of carbonyl (C=O) groups is 2. The van der Waals surface area contributed by atoms with E-state index in [9.17, 15) is 14.7 Å². The van der Waals surface area contributed by atoms with Gasteiger partial charge >= 0.3 is 0 Å². The Hall–Kier alpha value is -3.12. The Morgan fingerprint density at radius 3 is 2.48 bits per heavy atom. The smallest absolute Gasteiger partial charge is 0.296 e. The van der Waals surface area contributed by atoms with Crippen molar-refractivity contribution < 1.29 is 19.1 Å². The zero-order chi connectivity index (χ0) is 22.1. The van der Waals surface area contributed by atoms with E-state index in [-0.39, 0.29) is 17.9 Å². The highest BCUT2D eigenvalue weighted by molar-refractivity contribution is 9.10. The predicted molar refractivity (Wildman–Crippen MR) is 121 cm³/mol. The molecule has 0 radical (unpaired) electrons. The summed E-state index contributed by atoms with van der Waals surface area (Å²) in [6, 6.07) is 15.9. The van der Waals surface area contributed by atoms with Crippen LogP contribution in [-0.2, 0) is 22.6 Å². The van der Waals surface area contributed by atoms with E-state index in [1.54, 1.807) is 24.3 Å². The average Bonchev–Trinajstić information content (AvgIpc) is 3.38. The number of ketones is 1. The molecular weight excluding hydrogens is 458 g/mol. The highest BCUT2D eigenvalue weighted by atomic mass is 79.9. The van der Waals surface area contributed by atoms with Crippen molar-refractivity contribution in [3.05, 3.63) is 98.9 Å². The molecule has 31 heavy (non-hydrogen) atoms. The first-order valence-electron chi connectivity index (χ1n) is 10.1. The predicted octanol–water partition coefficient (Wildman–Crippen LogP) is 5.53. The van der Waals surface area contributed by atoms with Crippen LogP contribution in [0.3, 0.4) is 0 Å². The van der Waals surface area contributed by atoms with Crippen LogP contribution in [0.5, 0.6) is 0 Å². The maximum absolute atomic E-state index is 13.1. The molecular formula is C25H22BrNO4. The third kappa shape index (κ3) is 3.95. The summed E-state index contributed by atoms with van der Waals surface area (Å²) in [5, 5.41) is 11.1. The fraction of sp³-hybridized carbons (Fsp3) is 0.200. The van der Waals surface area contributed by atoms with Gasteiger partial charge in [-0.2, -0.15) is 0 Å². The molecule has 1 aliphatic rings. The number of amides is 1. The Balaban J connectivity index is 1.86. The molecule has 2 heterocycles. The number of aliphatic hydroxyl groups is 1. The lowest BCUT2D eigenvalue weighted by Crippen LogP contribution is -2.29. The maximum atomic E-state index is 13.1. The molecule has 1 atom stereocenters. The second-order valence-electron chi connectivity index (χ2n) is 7.57. The quantitative estimate of drug-likeness (QED) is 0.296. The number of likely N-dealkylation sites (tertiary alicyclic amines) is 1. The summed E-state index contributed by atoms with van der Waals surface area (Å²) in [6.45, 7) is 4.10. The Morgan fingerprint density at radius 2 is 1.87 bits per heavy atom. The minimum Gasteiger partial charge on any atom is -0.507 e. The topological polar surface area (TPSA) is 70.8 Å². The van der Waals surface area contributed by atoms with Crippen LogP contribution in [0.25, 0.3) is 5.76 Å². The molecule has 4 rings (SSSR count). The van der Waals surface area contributed by atoms with E-state index in [2.05, 4.69) is 22.9 Å². The van der Waals surface area contributed by atoms with E-state index in [0.717, 1.165) is 27.6 Å². The summed E-state index contributed by atoms with van der Waals surface area (Å²) < 4.78 is 6.32. The summed E-state index contributed by atoms with van der Waals surface area (Å²) in [5.41, 5.74) is 3.40. The molecule has 0 spiro atoms. The number of carbonyl (C=O) groups excluding carboxylic acids is 2. The number of rotatable bonds is 5. The van der Waals surface area contributed by atoms with E-state index < -0.39 is 17.7 Å². The minimum atomic E-state index is -0.708. The lowest BCUT2D eigenvalue weighted by atomic mass is 9.94. The third-order valence-corrected chi connectivity index (χ3v) is 6.47. The average molecular weight is 480 g/mol. The Morgan fingerprint density at radius 1 is 1.13 bits per heavy atom. The summed E-state index contributed by atoms with van der Waals surface area (Å²) in [4.78, 5) is 27.5. The summed E-state index contributed by atoms with van der Waals surface area (Å²) >= 11 is 3.45. The molecule has 5 nitrogen and oxygen atoms in total. The first-order valence-corrected chi connectivity index (χ1v) is 10.9. The molecule has 6 heteroatoms. The highest BCUT2D eigenvalue weighted by Gasteiger charge is 2.46. The lowest BCUT2D eigenvalue weighted by molar-refractivity contribution is -0.140. The van der Waals surface area contributed by atoms with Crippen LogP contribution in [0, 0.1) is 6.92 Å². The van der Waals surface area contributed by atoms with Crippen LogP contribution in [0.15, 0.2) is 75.3 Å². The monoisotopic (exact) mass is 479 g/mol. The van der Waals surface area contributed by atoms with Gasteiger partial charge in [0.2, 0.25) is 0 Å². The Bertz CT molecular complexity index is 1160. The largest absolute Gasteiger partial charge is 0.507 e. The SMILES string of the molecule is CCc1ccc(C2/C(=C(/O)c3ccc(Br)c(C)c3)C(=O)C(=O)N2Cc2ccco2)cc1. The Kier molecular flexibility index (Phi) is 5.83. The molecule has 2 aromatic carbocycles. The number of halogens is 1. The van der Waals surface area contributed by atoms with Gasteiger partial charge in [0.05, 0.1) is 24.4 Å². The van der Waals surface area contributed by atoms with Gasteiger partial charge in [-0.05, 0) is 54.3 Å². The maximum Gasteiger partial charge on any atom is 0.296 e. The summed E-state index contributed by atoms with van der Waals surface area (Å²) in [5.74, 6) is -0.970. The van der Waals surface area contributed by atoms with Crippen molar-refractivity contribution >= 4 is 33.4 Å². The van der Waals surface area contributed by atoms with Crippen LogP contribution >= 0.6 is 15.9 Å². The van der Waals surface area contributed by atoms with Gasteiger partial charge < -0.3 is 14.4 Å². The lowest BCUT2D eigenvalue weighted by Gasteiger charge is -2.24. The van der Waals surface area contributed by atoms with Crippen molar-refractivity contribution in [2.75, 3.05) is 0 Å². The molecule has 1 unspecified atom stereocenters. The van der Waals surface area contributed by atoms with Gasteiger partial charge in [0, 0.05) is 10.0 Å². The highest BCUT2D eigenvalue weighted by Crippen LogP contribution is 2.40. The van der Waals surface area contributed by atoms with Crippen LogP contribution in [0.4, 0.5) is 0 Å².